The number of aryl methyl sites for hydroxylation is 1. The van der Waals surface area contributed by atoms with Crippen LogP contribution in [0.2, 0.25) is 0 Å². The highest BCUT2D eigenvalue weighted by molar-refractivity contribution is 5.92. The SMILES string of the molecule is COc1ccc(/C=C/C(=O)NC2CCc3ccccc32)cc1O. The molecule has 1 amide bonds. The molecule has 0 fully saturated rings. The van der Waals surface area contributed by atoms with Crippen LogP contribution in [0.5, 0.6) is 11.5 Å². The highest BCUT2D eigenvalue weighted by Gasteiger charge is 2.22. The Balaban J connectivity index is 1.65. The Hall–Kier alpha value is -2.75. The zero-order valence-electron chi connectivity index (χ0n) is 13.0. The number of phenols is 1. The summed E-state index contributed by atoms with van der Waals surface area (Å²) in [6.07, 6.45) is 5.09. The summed E-state index contributed by atoms with van der Waals surface area (Å²) in [4.78, 5) is 12.1. The molecule has 0 spiro atoms. The van der Waals surface area contributed by atoms with Gasteiger partial charge in [-0.25, -0.2) is 0 Å². The van der Waals surface area contributed by atoms with Crippen molar-refractivity contribution in [1.82, 2.24) is 5.32 Å². The smallest absolute Gasteiger partial charge is 0.244 e. The van der Waals surface area contributed by atoms with Gasteiger partial charge in [-0.2, -0.15) is 0 Å². The van der Waals surface area contributed by atoms with Crippen molar-refractivity contribution >= 4 is 12.0 Å². The third-order valence-corrected chi connectivity index (χ3v) is 4.08. The van der Waals surface area contributed by atoms with Crippen molar-refractivity contribution in [2.75, 3.05) is 7.11 Å². The summed E-state index contributed by atoms with van der Waals surface area (Å²) in [5.74, 6) is 0.330. The van der Waals surface area contributed by atoms with Crippen LogP contribution >= 0.6 is 0 Å². The van der Waals surface area contributed by atoms with E-state index < -0.39 is 0 Å². The lowest BCUT2D eigenvalue weighted by Crippen LogP contribution is -2.25. The maximum Gasteiger partial charge on any atom is 0.244 e. The number of methoxy groups -OCH3 is 1. The standard InChI is InChI=1S/C19H19NO3/c1-23-18-10-6-13(12-17(18)21)7-11-19(22)20-16-9-8-14-4-2-3-5-15(14)16/h2-7,10-12,16,21H,8-9H2,1H3,(H,20,22)/b11-7+. The first-order valence-corrected chi connectivity index (χ1v) is 7.61. The summed E-state index contributed by atoms with van der Waals surface area (Å²) in [6.45, 7) is 0. The predicted octanol–water partition coefficient (Wildman–Crippen LogP) is 3.22. The van der Waals surface area contributed by atoms with Gasteiger partial charge < -0.3 is 15.2 Å². The number of phenolic OH excluding ortho intramolecular Hbond substituents is 1. The van der Waals surface area contributed by atoms with E-state index in [1.165, 1.54) is 24.3 Å². The van der Waals surface area contributed by atoms with Crippen molar-refractivity contribution in [2.24, 2.45) is 0 Å². The van der Waals surface area contributed by atoms with Gasteiger partial charge in [0.15, 0.2) is 11.5 Å². The van der Waals surface area contributed by atoms with Crippen LogP contribution in [0.3, 0.4) is 0 Å². The van der Waals surface area contributed by atoms with Crippen molar-refractivity contribution in [3.63, 3.8) is 0 Å². The molecule has 0 saturated heterocycles. The summed E-state index contributed by atoms with van der Waals surface area (Å²) in [5, 5.41) is 12.8. The van der Waals surface area contributed by atoms with E-state index in [0.717, 1.165) is 18.4 Å². The Morgan fingerprint density at radius 1 is 1.30 bits per heavy atom. The molecule has 4 nitrogen and oxygen atoms in total. The Kier molecular flexibility index (Phi) is 4.33. The van der Waals surface area contributed by atoms with Gasteiger partial charge in [-0.15, -0.1) is 0 Å². The van der Waals surface area contributed by atoms with Gasteiger partial charge in [-0.1, -0.05) is 30.3 Å². The highest BCUT2D eigenvalue weighted by atomic mass is 16.5. The van der Waals surface area contributed by atoms with E-state index in [9.17, 15) is 9.90 Å². The van der Waals surface area contributed by atoms with Gasteiger partial charge in [0.05, 0.1) is 13.2 Å². The topological polar surface area (TPSA) is 58.6 Å². The molecule has 0 aliphatic heterocycles. The second kappa shape index (κ2) is 6.57. The van der Waals surface area contributed by atoms with Crippen molar-refractivity contribution in [3.8, 4) is 11.5 Å². The molecule has 1 unspecified atom stereocenters. The van der Waals surface area contributed by atoms with E-state index in [1.807, 2.05) is 12.1 Å². The van der Waals surface area contributed by atoms with Crippen molar-refractivity contribution in [1.29, 1.82) is 0 Å². The maximum absolute atomic E-state index is 12.1. The maximum atomic E-state index is 12.1. The molecule has 3 rings (SSSR count). The number of hydrogen-bond acceptors (Lipinski definition) is 3. The number of amides is 1. The molecule has 1 aliphatic rings. The van der Waals surface area contributed by atoms with E-state index in [-0.39, 0.29) is 17.7 Å². The summed E-state index contributed by atoms with van der Waals surface area (Å²) < 4.78 is 4.99. The third kappa shape index (κ3) is 3.37. The summed E-state index contributed by atoms with van der Waals surface area (Å²) in [6, 6.07) is 13.3. The largest absolute Gasteiger partial charge is 0.504 e. The van der Waals surface area contributed by atoms with Gasteiger partial charge in [0, 0.05) is 6.08 Å². The highest BCUT2D eigenvalue weighted by Crippen LogP contribution is 2.30. The third-order valence-electron chi connectivity index (χ3n) is 4.08. The van der Waals surface area contributed by atoms with Crippen LogP contribution in [0.25, 0.3) is 6.08 Å². The number of hydrogen-bond donors (Lipinski definition) is 2. The van der Waals surface area contributed by atoms with Crippen LogP contribution in [0.4, 0.5) is 0 Å². The Bertz CT molecular complexity index is 752. The first-order chi connectivity index (χ1) is 11.2. The molecule has 23 heavy (non-hydrogen) atoms. The van der Waals surface area contributed by atoms with Crippen LogP contribution in [0.15, 0.2) is 48.5 Å². The summed E-state index contributed by atoms with van der Waals surface area (Å²) in [5.41, 5.74) is 3.25. The van der Waals surface area contributed by atoms with Crippen LogP contribution in [-0.2, 0) is 11.2 Å². The molecule has 2 aromatic rings. The fourth-order valence-electron chi connectivity index (χ4n) is 2.91. The fraction of sp³-hybridized carbons (Fsp3) is 0.211. The zero-order chi connectivity index (χ0) is 16.2. The molecule has 0 aromatic heterocycles. The van der Waals surface area contributed by atoms with Crippen molar-refractivity contribution < 1.29 is 14.6 Å². The first-order valence-electron chi connectivity index (χ1n) is 7.61. The lowest BCUT2D eigenvalue weighted by molar-refractivity contribution is -0.117. The number of rotatable bonds is 4. The van der Waals surface area contributed by atoms with Crippen LogP contribution in [0.1, 0.15) is 29.2 Å². The molecular formula is C19H19NO3. The zero-order valence-corrected chi connectivity index (χ0v) is 13.0. The molecule has 1 atom stereocenters. The van der Waals surface area contributed by atoms with Crippen molar-refractivity contribution in [3.05, 3.63) is 65.2 Å². The summed E-state index contributed by atoms with van der Waals surface area (Å²) >= 11 is 0. The number of benzene rings is 2. The normalized spacial score (nSPS) is 16.3. The average Bonchev–Trinajstić information content (AvgIpc) is 2.96. The molecule has 118 valence electrons. The van der Waals surface area contributed by atoms with Gasteiger partial charge in [0.2, 0.25) is 5.91 Å². The van der Waals surface area contributed by atoms with Gasteiger partial charge in [0.25, 0.3) is 0 Å². The number of aromatic hydroxyl groups is 1. The van der Waals surface area contributed by atoms with Gasteiger partial charge in [0.1, 0.15) is 0 Å². The Morgan fingerprint density at radius 2 is 2.13 bits per heavy atom. The molecule has 1 aliphatic carbocycles. The predicted molar refractivity (Wildman–Crippen MR) is 89.3 cm³/mol. The van der Waals surface area contributed by atoms with Crippen LogP contribution in [-0.4, -0.2) is 18.1 Å². The number of nitrogens with one attached hydrogen (secondary N) is 1. The average molecular weight is 309 g/mol. The number of ether oxygens (including phenoxy) is 1. The molecule has 0 radical (unpaired) electrons. The molecule has 2 N–H and O–H groups in total. The van der Waals surface area contributed by atoms with Crippen molar-refractivity contribution in [2.45, 2.75) is 18.9 Å². The molecule has 2 aromatic carbocycles. The fourth-order valence-corrected chi connectivity index (χ4v) is 2.91. The van der Waals surface area contributed by atoms with Crippen LogP contribution in [0, 0.1) is 0 Å². The number of carbonyl (C=O) groups excluding carboxylic acids is 1. The Labute approximate surface area is 135 Å². The van der Waals surface area contributed by atoms with E-state index in [1.54, 1.807) is 24.3 Å². The number of carbonyl (C=O) groups is 1. The lowest BCUT2D eigenvalue weighted by Gasteiger charge is -2.12. The quantitative estimate of drug-likeness (QED) is 0.853. The van der Waals surface area contributed by atoms with Gasteiger partial charge >= 0.3 is 0 Å². The monoisotopic (exact) mass is 309 g/mol. The lowest BCUT2D eigenvalue weighted by atomic mass is 10.1. The van der Waals surface area contributed by atoms with E-state index in [0.29, 0.717) is 5.75 Å². The van der Waals surface area contributed by atoms with E-state index >= 15 is 0 Å². The minimum atomic E-state index is -0.137. The van der Waals surface area contributed by atoms with Gasteiger partial charge in [-0.3, -0.25) is 4.79 Å². The minimum absolute atomic E-state index is 0.0554. The van der Waals surface area contributed by atoms with Crippen LogP contribution < -0.4 is 10.1 Å². The van der Waals surface area contributed by atoms with E-state index in [4.69, 9.17) is 4.74 Å². The second-order valence-corrected chi connectivity index (χ2v) is 5.56. The molecule has 0 bridgehead atoms. The van der Waals surface area contributed by atoms with Gasteiger partial charge in [-0.05, 0) is 47.7 Å². The number of fused-ring (bicyclic) bond motifs is 1. The summed E-state index contributed by atoms with van der Waals surface area (Å²) in [7, 11) is 1.50. The molecule has 4 heteroatoms. The first kappa shape index (κ1) is 15.2. The molecule has 0 heterocycles. The molecule has 0 saturated carbocycles. The Morgan fingerprint density at radius 3 is 2.91 bits per heavy atom. The van der Waals surface area contributed by atoms with E-state index in [2.05, 4.69) is 17.4 Å². The minimum Gasteiger partial charge on any atom is -0.504 e. The second-order valence-electron chi connectivity index (χ2n) is 5.56. The molecular weight excluding hydrogens is 290 g/mol.